The summed E-state index contributed by atoms with van der Waals surface area (Å²) in [6.07, 6.45) is -10.7. The van der Waals surface area contributed by atoms with Crippen molar-refractivity contribution in [1.82, 2.24) is 9.97 Å². The van der Waals surface area contributed by atoms with E-state index in [4.69, 9.17) is 4.74 Å². The van der Waals surface area contributed by atoms with Crippen LogP contribution in [0.25, 0.3) is 0 Å². The van der Waals surface area contributed by atoms with Crippen molar-refractivity contribution in [3.8, 4) is 5.88 Å². The van der Waals surface area contributed by atoms with Gasteiger partial charge in [-0.1, -0.05) is 0 Å². The predicted molar refractivity (Wildman–Crippen MR) is 108 cm³/mol. The van der Waals surface area contributed by atoms with Crippen LogP contribution in [-0.4, -0.2) is 60.8 Å². The number of anilines is 2. The molecule has 1 heterocycles. The van der Waals surface area contributed by atoms with Crippen molar-refractivity contribution >= 4 is 27.3 Å². The molecule has 3 atom stereocenters. The molecule has 1 aromatic carbocycles. The van der Waals surface area contributed by atoms with E-state index in [2.05, 4.69) is 15.3 Å². The largest absolute Gasteiger partial charge is 0.521 e. The lowest BCUT2D eigenvalue weighted by atomic mass is 10.2. The van der Waals surface area contributed by atoms with Crippen LogP contribution in [0.1, 0.15) is 19.4 Å². The van der Waals surface area contributed by atoms with Crippen LogP contribution in [0.5, 0.6) is 5.88 Å². The second kappa shape index (κ2) is 9.74. The van der Waals surface area contributed by atoms with Gasteiger partial charge >= 0.3 is 18.3 Å². The van der Waals surface area contributed by atoms with E-state index < -0.39 is 51.6 Å². The average Bonchev–Trinajstić information content (AvgIpc) is 2.71. The number of aliphatic hydroxyl groups is 1. The third kappa shape index (κ3) is 6.34. The quantitative estimate of drug-likeness (QED) is 0.448. The van der Waals surface area contributed by atoms with Crippen molar-refractivity contribution in [2.75, 3.05) is 18.6 Å². The summed E-state index contributed by atoms with van der Waals surface area (Å²) in [5.41, 5.74) is -1.07. The Morgan fingerprint density at radius 2 is 1.71 bits per heavy atom. The number of nitrogens with one attached hydrogen (secondary N) is 1. The molecule has 1 aromatic heterocycles. The molecule has 0 saturated heterocycles. The lowest BCUT2D eigenvalue weighted by molar-refractivity contribution is -0.422. The molecule has 0 aliphatic heterocycles. The first-order valence-corrected chi connectivity index (χ1v) is 11.4. The van der Waals surface area contributed by atoms with Gasteiger partial charge in [-0.25, -0.2) is 14.0 Å². The topological polar surface area (TPSA) is 104 Å². The van der Waals surface area contributed by atoms with E-state index in [1.54, 1.807) is 0 Å². The number of ether oxygens (including phenoxy) is 1. The lowest BCUT2D eigenvalue weighted by Crippen LogP contribution is -2.35. The normalized spacial score (nSPS) is 15.7. The molecule has 0 spiro atoms. The fourth-order valence-electron chi connectivity index (χ4n) is 2.40. The molecule has 8 nitrogen and oxygen atoms in total. The standard InChI is InChI=1S/C19H20F6N4O4S/c1-10(30)11(2)33-15-14(18(20,21)22)9-26-17(28-15)27-12-5-7-13(8-6-12)34(4,32)29(3)16(31)19(23,24)25/h5-11,30H,1-4H3/p+1. The van der Waals surface area contributed by atoms with Crippen molar-refractivity contribution in [1.29, 1.82) is 0 Å². The molecule has 0 saturated carbocycles. The summed E-state index contributed by atoms with van der Waals surface area (Å²) in [4.78, 5) is 18.6. The van der Waals surface area contributed by atoms with Gasteiger partial charge in [0.2, 0.25) is 11.8 Å². The first-order valence-electron chi connectivity index (χ1n) is 9.45. The minimum absolute atomic E-state index is 0.0960. The van der Waals surface area contributed by atoms with E-state index in [1.165, 1.54) is 38.1 Å². The van der Waals surface area contributed by atoms with Gasteiger partial charge < -0.3 is 15.2 Å². The smallest absolute Gasteiger partial charge is 0.471 e. The fourth-order valence-corrected chi connectivity index (χ4v) is 3.78. The zero-order valence-corrected chi connectivity index (χ0v) is 19.0. The Hall–Kier alpha value is -2.94. The van der Waals surface area contributed by atoms with Crippen molar-refractivity contribution < 1.29 is 49.1 Å². The number of carbonyl (C=O) groups is 1. The number of alkyl halides is 6. The van der Waals surface area contributed by atoms with Crippen molar-refractivity contribution in [2.24, 2.45) is 0 Å². The Balaban J connectivity index is 2.37. The van der Waals surface area contributed by atoms with Crippen molar-refractivity contribution in [3.63, 3.8) is 0 Å². The number of halogens is 6. The second-order valence-electron chi connectivity index (χ2n) is 7.23. The van der Waals surface area contributed by atoms with E-state index in [-0.39, 0.29) is 20.5 Å². The lowest BCUT2D eigenvalue weighted by Gasteiger charge is -2.20. The fraction of sp³-hybridized carbons (Fsp3) is 0.421. The van der Waals surface area contributed by atoms with Gasteiger partial charge in [-0.2, -0.15) is 31.3 Å². The first-order chi connectivity index (χ1) is 15.4. The number of carbonyl (C=O) groups excluding carboxylic acids is 1. The highest BCUT2D eigenvalue weighted by Crippen LogP contribution is 2.36. The van der Waals surface area contributed by atoms with Crippen LogP contribution in [0.3, 0.4) is 0 Å². The van der Waals surface area contributed by atoms with Gasteiger partial charge in [0.1, 0.15) is 11.7 Å². The van der Waals surface area contributed by atoms with Crippen LogP contribution in [0, 0.1) is 0 Å². The molecule has 1 amide bonds. The molecule has 0 radical (unpaired) electrons. The molecule has 0 aliphatic rings. The number of nitrogens with zero attached hydrogens (tertiary/aromatic N) is 3. The van der Waals surface area contributed by atoms with Crippen LogP contribution in [0.4, 0.5) is 38.0 Å². The van der Waals surface area contributed by atoms with Crippen LogP contribution in [0.15, 0.2) is 35.4 Å². The Bertz CT molecular complexity index is 1170. The molecular formula is C19H21F6N4O4S+. The summed E-state index contributed by atoms with van der Waals surface area (Å²) >= 11 is 0. The van der Waals surface area contributed by atoms with E-state index in [0.29, 0.717) is 6.20 Å². The van der Waals surface area contributed by atoms with Gasteiger partial charge in [0.25, 0.3) is 0 Å². The molecule has 3 unspecified atom stereocenters. The molecule has 0 bridgehead atoms. The number of amides is 1. The zero-order chi connectivity index (χ0) is 26.1. The summed E-state index contributed by atoms with van der Waals surface area (Å²) in [6.45, 7) is 2.67. The molecule has 0 aliphatic carbocycles. The highest BCUT2D eigenvalue weighted by molar-refractivity contribution is 7.90. The second-order valence-corrected chi connectivity index (χ2v) is 9.85. The number of hydrogen-bond donors (Lipinski definition) is 2. The van der Waals surface area contributed by atoms with Crippen LogP contribution >= 0.6 is 0 Å². The summed E-state index contributed by atoms with van der Waals surface area (Å²) in [5.74, 6) is -3.41. The van der Waals surface area contributed by atoms with E-state index in [0.717, 1.165) is 13.3 Å². The van der Waals surface area contributed by atoms with Crippen molar-refractivity contribution in [2.45, 2.75) is 43.3 Å². The maximum absolute atomic E-state index is 13.2. The summed E-state index contributed by atoms with van der Waals surface area (Å²) in [5, 5.41) is 12.1. The number of aliphatic hydroxyl groups excluding tert-OH is 1. The Labute approximate surface area is 190 Å². The minimum atomic E-state index is -5.21. The SMILES string of the molecule is CC(O)C(C)Oc1nc(Nc2ccc(S(C)(=O)=[N+](C)C(=O)C(F)(F)F)cc2)ncc1C(F)(F)F. The van der Waals surface area contributed by atoms with E-state index >= 15 is 0 Å². The first kappa shape index (κ1) is 27.3. The van der Waals surface area contributed by atoms with E-state index in [1.807, 2.05) is 0 Å². The molecule has 188 valence electrons. The van der Waals surface area contributed by atoms with Gasteiger partial charge in [-0.05, 0) is 38.1 Å². The highest BCUT2D eigenvalue weighted by Gasteiger charge is 2.49. The Morgan fingerprint density at radius 3 is 2.18 bits per heavy atom. The maximum Gasteiger partial charge on any atom is 0.521 e. The van der Waals surface area contributed by atoms with Gasteiger partial charge in [0.15, 0.2) is 16.8 Å². The molecule has 15 heteroatoms. The molecular weight excluding hydrogens is 494 g/mol. The van der Waals surface area contributed by atoms with Crippen LogP contribution < -0.4 is 10.1 Å². The third-order valence-corrected chi connectivity index (χ3v) is 6.99. The monoisotopic (exact) mass is 515 g/mol. The number of benzene rings is 1. The number of hydrogen-bond acceptors (Lipinski definition) is 7. The van der Waals surface area contributed by atoms with Gasteiger partial charge in [0, 0.05) is 11.9 Å². The summed E-state index contributed by atoms with van der Waals surface area (Å²) in [6, 6.07) is 4.90. The average molecular weight is 515 g/mol. The van der Waals surface area contributed by atoms with Gasteiger partial charge in [-0.3, -0.25) is 0 Å². The predicted octanol–water partition coefficient (Wildman–Crippen LogP) is 3.58. The molecule has 34 heavy (non-hydrogen) atoms. The summed E-state index contributed by atoms with van der Waals surface area (Å²) in [7, 11) is -2.82. The van der Waals surface area contributed by atoms with Gasteiger partial charge in [0.05, 0.1) is 17.3 Å². The molecule has 2 N–H and O–H groups in total. The van der Waals surface area contributed by atoms with Crippen molar-refractivity contribution in [3.05, 3.63) is 36.0 Å². The Kier molecular flexibility index (Phi) is 7.82. The number of rotatable bonds is 6. The van der Waals surface area contributed by atoms with Gasteiger partial charge in [-0.15, -0.1) is 3.95 Å². The number of aromatic nitrogens is 2. The molecule has 2 aromatic rings. The maximum atomic E-state index is 13.2. The minimum Gasteiger partial charge on any atom is -0.471 e. The highest BCUT2D eigenvalue weighted by atomic mass is 32.2. The van der Waals surface area contributed by atoms with Crippen LogP contribution in [-0.2, 0) is 20.7 Å². The third-order valence-electron chi connectivity index (χ3n) is 4.63. The molecule has 2 rings (SSSR count). The summed E-state index contributed by atoms with van der Waals surface area (Å²) < 4.78 is 95.8. The Morgan fingerprint density at radius 1 is 1.15 bits per heavy atom. The van der Waals surface area contributed by atoms with Crippen LogP contribution in [0.2, 0.25) is 0 Å². The molecule has 0 fully saturated rings. The van der Waals surface area contributed by atoms with E-state index in [9.17, 15) is 40.5 Å². The zero-order valence-electron chi connectivity index (χ0n) is 18.2.